The molecular formula is C22H24FN6O8P. The van der Waals surface area contributed by atoms with Gasteiger partial charge in [0.05, 0.1) is 20.4 Å². The van der Waals surface area contributed by atoms with Crippen LogP contribution >= 0.6 is 8.25 Å². The smallest absolute Gasteiger partial charge is 0.318 e. The van der Waals surface area contributed by atoms with E-state index in [-0.39, 0.29) is 46.4 Å². The summed E-state index contributed by atoms with van der Waals surface area (Å²) in [5, 5.41) is 15.7. The molecule has 14 nitrogen and oxygen atoms in total. The average Bonchev–Trinajstić information content (AvgIpc) is 2.86. The summed E-state index contributed by atoms with van der Waals surface area (Å²) in [4.78, 5) is 35.3. The number of hydrogen-bond donors (Lipinski definition) is 4. The minimum atomic E-state index is -3.33. The van der Waals surface area contributed by atoms with Gasteiger partial charge in [-0.25, -0.2) is 14.4 Å². The van der Waals surface area contributed by atoms with Crippen LogP contribution in [-0.4, -0.2) is 57.4 Å². The van der Waals surface area contributed by atoms with Crippen LogP contribution in [0.25, 0.3) is 0 Å². The van der Waals surface area contributed by atoms with Crippen LogP contribution in [0.5, 0.6) is 23.0 Å². The summed E-state index contributed by atoms with van der Waals surface area (Å²) in [7, 11) is -0.550. The molecule has 4 N–H and O–H groups in total. The predicted octanol–water partition coefficient (Wildman–Crippen LogP) is 3.08. The first-order valence-corrected chi connectivity index (χ1v) is 12.2. The Morgan fingerprint density at radius 1 is 1.18 bits per heavy atom. The van der Waals surface area contributed by atoms with Gasteiger partial charge in [0.25, 0.3) is 5.91 Å². The maximum atomic E-state index is 14.6. The lowest BCUT2D eigenvalue weighted by Crippen LogP contribution is -2.53. The second-order valence-electron chi connectivity index (χ2n) is 8.27. The van der Waals surface area contributed by atoms with Crippen molar-refractivity contribution in [2.75, 3.05) is 36.5 Å². The molecule has 0 aliphatic carbocycles. The van der Waals surface area contributed by atoms with Crippen molar-refractivity contribution >= 4 is 43.3 Å². The van der Waals surface area contributed by atoms with Gasteiger partial charge in [-0.15, -0.1) is 0 Å². The van der Waals surface area contributed by atoms with Gasteiger partial charge >= 0.3 is 8.25 Å². The third kappa shape index (κ3) is 5.54. The van der Waals surface area contributed by atoms with E-state index >= 15 is 0 Å². The molecule has 4 rings (SSSR count). The molecule has 0 saturated heterocycles. The molecule has 202 valence electrons. The number of pyridine rings is 1. The number of phenols is 1. The Labute approximate surface area is 216 Å². The third-order valence-corrected chi connectivity index (χ3v) is 5.62. The summed E-state index contributed by atoms with van der Waals surface area (Å²) in [6.45, 7) is 2.52. The fourth-order valence-corrected chi connectivity index (χ4v) is 3.78. The van der Waals surface area contributed by atoms with E-state index in [0.717, 1.165) is 11.1 Å². The van der Waals surface area contributed by atoms with Gasteiger partial charge in [-0.3, -0.25) is 18.8 Å². The van der Waals surface area contributed by atoms with Crippen LogP contribution < -0.4 is 29.7 Å². The first-order chi connectivity index (χ1) is 18.0. The molecule has 38 heavy (non-hydrogen) atoms. The zero-order valence-corrected chi connectivity index (χ0v) is 21.6. The highest BCUT2D eigenvalue weighted by Gasteiger charge is 2.42. The monoisotopic (exact) mass is 550 g/mol. The summed E-state index contributed by atoms with van der Waals surface area (Å²) < 4.78 is 46.4. The number of carbonyl (C=O) groups is 1. The van der Waals surface area contributed by atoms with Gasteiger partial charge in [-0.1, -0.05) is 0 Å². The molecule has 0 radical (unpaired) electrons. The van der Waals surface area contributed by atoms with Gasteiger partial charge in [-0.05, 0) is 26.0 Å². The first kappa shape index (κ1) is 26.9. The number of halogens is 1. The number of fused-ring (bicyclic) bond motifs is 1. The Balaban J connectivity index is 1.61. The number of hydrogen-bond acceptors (Lipinski definition) is 12. The maximum Gasteiger partial charge on any atom is 0.318 e. The van der Waals surface area contributed by atoms with Gasteiger partial charge in [0.2, 0.25) is 11.7 Å². The van der Waals surface area contributed by atoms with Crippen molar-refractivity contribution in [1.82, 2.24) is 15.0 Å². The van der Waals surface area contributed by atoms with Crippen molar-refractivity contribution in [3.8, 4) is 23.0 Å². The van der Waals surface area contributed by atoms with Crippen molar-refractivity contribution in [3.05, 3.63) is 36.3 Å². The standard InChI is InChI=1S/C22H24FN6O8P/c1-22(2)20(31)29(10-36-38(32)33)19-14(37-22)5-6-16(27-19)26-18-12(23)9-24-21(28-18)25-11-7-13(30)17(35-4)15(8-11)34-3/h5-9,30,38H,10H2,1-4H3,(H,32,33)(H2,24,25,26,27,28). The molecule has 1 amide bonds. The highest BCUT2D eigenvalue weighted by atomic mass is 31.1. The molecule has 1 aliphatic heterocycles. The highest BCUT2D eigenvalue weighted by Crippen LogP contribution is 2.40. The van der Waals surface area contributed by atoms with Crippen LogP contribution in [0.3, 0.4) is 0 Å². The fourth-order valence-electron chi connectivity index (χ4n) is 3.54. The number of carbonyl (C=O) groups excluding carboxylic acids is 1. The zero-order chi connectivity index (χ0) is 27.6. The summed E-state index contributed by atoms with van der Waals surface area (Å²) in [6.07, 6.45) is 0.922. The number of ether oxygens (including phenoxy) is 3. The Kier molecular flexibility index (Phi) is 7.53. The second kappa shape index (κ2) is 10.7. The Morgan fingerprint density at radius 2 is 1.95 bits per heavy atom. The van der Waals surface area contributed by atoms with Crippen LogP contribution in [0.15, 0.2) is 30.5 Å². The van der Waals surface area contributed by atoms with E-state index in [1.807, 2.05) is 0 Å². The number of benzene rings is 1. The summed E-state index contributed by atoms with van der Waals surface area (Å²) in [5.41, 5.74) is -0.947. The Bertz CT molecular complexity index is 1410. The number of aromatic hydroxyl groups is 1. The molecule has 2 aromatic heterocycles. The van der Waals surface area contributed by atoms with Gasteiger partial charge in [0, 0.05) is 17.8 Å². The van der Waals surface area contributed by atoms with Crippen LogP contribution in [0.1, 0.15) is 13.8 Å². The van der Waals surface area contributed by atoms with E-state index in [2.05, 4.69) is 25.6 Å². The minimum absolute atomic E-state index is 0.00353. The molecule has 0 bridgehead atoms. The molecule has 1 aromatic carbocycles. The van der Waals surface area contributed by atoms with Gasteiger partial charge in [-0.2, -0.15) is 4.98 Å². The molecule has 3 aromatic rings. The van der Waals surface area contributed by atoms with Crippen molar-refractivity contribution in [2.24, 2.45) is 0 Å². The summed E-state index contributed by atoms with van der Waals surface area (Å²) in [5.74, 6) is -1.19. The van der Waals surface area contributed by atoms with Gasteiger partial charge < -0.3 is 34.8 Å². The number of rotatable bonds is 9. The number of aromatic nitrogens is 3. The highest BCUT2D eigenvalue weighted by molar-refractivity contribution is 7.32. The lowest BCUT2D eigenvalue weighted by atomic mass is 10.1. The molecule has 1 aliphatic rings. The Morgan fingerprint density at radius 3 is 2.63 bits per heavy atom. The number of nitrogens with one attached hydrogen (secondary N) is 2. The van der Waals surface area contributed by atoms with E-state index in [0.29, 0.717) is 5.69 Å². The van der Waals surface area contributed by atoms with Gasteiger partial charge in [0.15, 0.2) is 40.3 Å². The first-order valence-electron chi connectivity index (χ1n) is 10.9. The van der Waals surface area contributed by atoms with Crippen molar-refractivity contribution in [1.29, 1.82) is 0 Å². The zero-order valence-electron chi connectivity index (χ0n) is 20.6. The minimum Gasteiger partial charge on any atom is -0.504 e. The number of amides is 1. The lowest BCUT2D eigenvalue weighted by molar-refractivity contribution is -0.133. The fraction of sp³-hybridized carbons (Fsp3) is 0.273. The largest absolute Gasteiger partial charge is 0.504 e. The van der Waals surface area contributed by atoms with E-state index in [9.17, 15) is 18.9 Å². The maximum absolute atomic E-state index is 14.6. The van der Waals surface area contributed by atoms with E-state index < -0.39 is 32.3 Å². The molecule has 0 spiro atoms. The van der Waals surface area contributed by atoms with Crippen LogP contribution in [-0.2, 0) is 13.9 Å². The quantitative estimate of drug-likeness (QED) is 0.286. The molecule has 0 saturated carbocycles. The SMILES string of the molecule is COc1cc(Nc2ncc(F)c(Nc3ccc4c(n3)N(CO[PH](=O)O)C(=O)C(C)(C)O4)n2)cc(O)c1OC. The lowest BCUT2D eigenvalue weighted by Gasteiger charge is -2.37. The predicted molar refractivity (Wildman–Crippen MR) is 133 cm³/mol. The third-order valence-electron chi connectivity index (χ3n) is 5.24. The average molecular weight is 550 g/mol. The molecule has 3 heterocycles. The Hall–Kier alpha value is -4.20. The summed E-state index contributed by atoms with van der Waals surface area (Å²) in [6, 6.07) is 5.85. The molecule has 1 unspecified atom stereocenters. The second-order valence-corrected chi connectivity index (χ2v) is 9.09. The number of nitrogens with zero attached hydrogens (tertiary/aromatic N) is 4. The van der Waals surface area contributed by atoms with E-state index in [1.54, 1.807) is 0 Å². The molecule has 0 fully saturated rings. The molecular weight excluding hydrogens is 526 g/mol. The molecule has 16 heteroatoms. The van der Waals surface area contributed by atoms with E-state index in [4.69, 9.17) is 23.6 Å². The number of phenolic OH excluding ortho intramolecular Hbond substituents is 1. The summed E-state index contributed by atoms with van der Waals surface area (Å²) >= 11 is 0. The van der Waals surface area contributed by atoms with Crippen molar-refractivity contribution in [2.45, 2.75) is 19.4 Å². The topological polar surface area (TPSA) is 177 Å². The van der Waals surface area contributed by atoms with E-state index in [1.165, 1.54) is 52.3 Å². The van der Waals surface area contributed by atoms with Crippen molar-refractivity contribution in [3.63, 3.8) is 0 Å². The van der Waals surface area contributed by atoms with Crippen LogP contribution in [0.4, 0.5) is 33.5 Å². The van der Waals surface area contributed by atoms with Crippen molar-refractivity contribution < 1.29 is 42.5 Å². The normalized spacial score (nSPS) is 14.8. The van der Waals surface area contributed by atoms with Crippen LogP contribution in [0.2, 0.25) is 0 Å². The van der Waals surface area contributed by atoms with Gasteiger partial charge in [0.1, 0.15) is 12.5 Å². The number of anilines is 5. The van der Waals surface area contributed by atoms with Crippen LogP contribution in [0, 0.1) is 5.82 Å². The molecule has 1 atom stereocenters. The number of methoxy groups -OCH3 is 2.